The molecule has 0 bridgehead atoms. The van der Waals surface area contributed by atoms with Gasteiger partial charge in [-0.1, -0.05) is 24.3 Å². The highest BCUT2D eigenvalue weighted by molar-refractivity contribution is 5.87. The number of benzene rings is 2. The number of hydrogen-bond acceptors (Lipinski definition) is 5. The Hall–Kier alpha value is -3.72. The summed E-state index contributed by atoms with van der Waals surface area (Å²) in [5, 5.41) is 10.4. The van der Waals surface area contributed by atoms with Gasteiger partial charge < -0.3 is 20.2 Å². The summed E-state index contributed by atoms with van der Waals surface area (Å²) in [6.45, 7) is 0. The van der Waals surface area contributed by atoms with E-state index in [1.54, 1.807) is 25.3 Å². The van der Waals surface area contributed by atoms with E-state index >= 15 is 0 Å². The minimum absolute atomic E-state index is 0.00331. The van der Waals surface area contributed by atoms with Crippen molar-refractivity contribution < 1.29 is 9.47 Å². The second-order valence-electron chi connectivity index (χ2n) is 5.94. The molecule has 1 aliphatic heterocycles. The van der Waals surface area contributed by atoms with Crippen molar-refractivity contribution in [1.29, 1.82) is 5.26 Å². The van der Waals surface area contributed by atoms with Gasteiger partial charge >= 0.3 is 0 Å². The average molecular weight is 345 g/mol. The van der Waals surface area contributed by atoms with Crippen LogP contribution in [0.4, 0.5) is 0 Å². The van der Waals surface area contributed by atoms with Crippen molar-refractivity contribution in [2.75, 3.05) is 7.11 Å². The normalized spacial score (nSPS) is 15.9. The lowest BCUT2D eigenvalue weighted by atomic mass is 9.83. The number of aromatic nitrogens is 1. The number of nitrogens with one attached hydrogen (secondary N) is 1. The highest BCUT2D eigenvalue weighted by Gasteiger charge is 2.34. The van der Waals surface area contributed by atoms with Crippen LogP contribution in [0.5, 0.6) is 11.5 Å². The summed E-state index contributed by atoms with van der Waals surface area (Å²) in [5.41, 5.74) is 7.66. The Morgan fingerprint density at radius 1 is 1.23 bits per heavy atom. The number of aromatic amines is 1. The molecule has 0 spiro atoms. The molecule has 3 aromatic rings. The summed E-state index contributed by atoms with van der Waals surface area (Å²) in [7, 11) is 1.56. The van der Waals surface area contributed by atoms with Crippen molar-refractivity contribution in [3.05, 3.63) is 81.5 Å². The largest absolute Gasteiger partial charge is 0.497 e. The minimum atomic E-state index is -0.632. The van der Waals surface area contributed by atoms with Gasteiger partial charge in [-0.15, -0.1) is 0 Å². The lowest BCUT2D eigenvalue weighted by Gasteiger charge is -2.26. The van der Waals surface area contributed by atoms with Crippen molar-refractivity contribution >= 4 is 10.9 Å². The van der Waals surface area contributed by atoms with Crippen LogP contribution < -0.4 is 20.8 Å². The zero-order valence-electron chi connectivity index (χ0n) is 13.9. The van der Waals surface area contributed by atoms with E-state index in [0.29, 0.717) is 22.6 Å². The van der Waals surface area contributed by atoms with Gasteiger partial charge in [0.2, 0.25) is 5.88 Å². The first-order chi connectivity index (χ1) is 12.6. The van der Waals surface area contributed by atoms with E-state index in [1.807, 2.05) is 30.3 Å². The van der Waals surface area contributed by atoms with Crippen molar-refractivity contribution in [2.45, 2.75) is 5.92 Å². The molecule has 128 valence electrons. The molecule has 2 aromatic carbocycles. The third-order valence-corrected chi connectivity index (χ3v) is 4.51. The Morgan fingerprint density at radius 2 is 2.04 bits per heavy atom. The second kappa shape index (κ2) is 5.97. The van der Waals surface area contributed by atoms with Crippen molar-refractivity contribution in [3.8, 4) is 17.6 Å². The van der Waals surface area contributed by atoms with Crippen LogP contribution in [0.1, 0.15) is 17.0 Å². The molecule has 26 heavy (non-hydrogen) atoms. The van der Waals surface area contributed by atoms with Crippen molar-refractivity contribution in [3.63, 3.8) is 0 Å². The van der Waals surface area contributed by atoms with Crippen LogP contribution in [0.25, 0.3) is 10.9 Å². The number of ether oxygens (including phenoxy) is 2. The molecular weight excluding hydrogens is 330 g/mol. The first kappa shape index (κ1) is 15.8. The summed E-state index contributed by atoms with van der Waals surface area (Å²) >= 11 is 0. The smallest absolute Gasteiger partial charge is 0.256 e. The molecule has 0 saturated carbocycles. The number of pyridine rings is 1. The van der Waals surface area contributed by atoms with Crippen LogP contribution in [0.15, 0.2) is 64.8 Å². The topological polar surface area (TPSA) is 101 Å². The summed E-state index contributed by atoms with van der Waals surface area (Å²) in [6.07, 6.45) is 0. The average Bonchev–Trinajstić information content (AvgIpc) is 2.67. The number of methoxy groups -OCH3 is 1. The van der Waals surface area contributed by atoms with Gasteiger partial charge in [0.15, 0.2) is 0 Å². The Bertz CT molecular complexity index is 1150. The zero-order valence-corrected chi connectivity index (χ0v) is 13.9. The number of para-hydroxylation sites is 1. The van der Waals surface area contributed by atoms with Crippen molar-refractivity contribution in [1.82, 2.24) is 4.98 Å². The molecule has 0 fully saturated rings. The predicted octanol–water partition coefficient (Wildman–Crippen LogP) is 2.75. The predicted molar refractivity (Wildman–Crippen MR) is 96.9 cm³/mol. The fraction of sp³-hybridized carbons (Fsp3) is 0.100. The van der Waals surface area contributed by atoms with Gasteiger partial charge in [-0.25, -0.2) is 0 Å². The second-order valence-corrected chi connectivity index (χ2v) is 5.94. The lowest BCUT2D eigenvalue weighted by Crippen LogP contribution is -2.27. The number of hydrogen-bond donors (Lipinski definition) is 2. The highest BCUT2D eigenvalue weighted by atomic mass is 16.5. The van der Waals surface area contributed by atoms with E-state index in [4.69, 9.17) is 15.2 Å². The van der Waals surface area contributed by atoms with E-state index < -0.39 is 5.92 Å². The fourth-order valence-electron chi connectivity index (χ4n) is 3.33. The number of nitriles is 1. The summed E-state index contributed by atoms with van der Waals surface area (Å²) in [4.78, 5) is 15.7. The van der Waals surface area contributed by atoms with Crippen LogP contribution in [-0.2, 0) is 0 Å². The van der Waals surface area contributed by atoms with Crippen LogP contribution >= 0.6 is 0 Å². The Kier molecular flexibility index (Phi) is 3.63. The fourth-order valence-corrected chi connectivity index (χ4v) is 3.33. The van der Waals surface area contributed by atoms with Gasteiger partial charge in [-0.3, -0.25) is 4.79 Å². The Labute approximate surface area is 149 Å². The van der Waals surface area contributed by atoms with Crippen LogP contribution in [0.2, 0.25) is 0 Å². The van der Waals surface area contributed by atoms with E-state index in [2.05, 4.69) is 11.1 Å². The molecule has 3 N–H and O–H groups in total. The summed E-state index contributed by atoms with van der Waals surface area (Å²) in [5.74, 6) is 0.382. The molecule has 1 aromatic heterocycles. The third kappa shape index (κ3) is 2.30. The van der Waals surface area contributed by atoms with Gasteiger partial charge in [0.05, 0.1) is 24.1 Å². The standard InChI is InChI=1S/C20H15N3O3/c1-25-12-6-4-5-11(9-12)16-14(10-21)19(22)26-18-13-7-2-3-8-15(13)23-20(24)17(16)18/h2-9,16H,22H2,1H3,(H,23,24)/t16-/m1/s1. The SMILES string of the molecule is COc1cccc([C@@H]2C(C#N)=C(N)Oc3c2c(=O)[nH]c2ccccc32)c1. The molecule has 0 radical (unpaired) electrons. The zero-order chi connectivity index (χ0) is 18.3. The molecule has 1 aliphatic rings. The lowest BCUT2D eigenvalue weighted by molar-refractivity contribution is 0.396. The number of nitrogens with two attached hydrogens (primary N) is 1. The number of fused-ring (bicyclic) bond motifs is 3. The molecule has 6 heteroatoms. The van der Waals surface area contributed by atoms with E-state index in [9.17, 15) is 10.1 Å². The molecule has 0 amide bonds. The number of nitrogens with zero attached hydrogens (tertiary/aromatic N) is 1. The molecule has 4 rings (SSSR count). The van der Waals surface area contributed by atoms with E-state index in [-0.39, 0.29) is 17.0 Å². The molecule has 2 heterocycles. The van der Waals surface area contributed by atoms with Gasteiger partial charge in [-0.05, 0) is 29.8 Å². The van der Waals surface area contributed by atoms with Crippen LogP contribution in [0.3, 0.4) is 0 Å². The molecule has 1 atom stereocenters. The molecule has 0 unspecified atom stereocenters. The Balaban J connectivity index is 2.07. The highest BCUT2D eigenvalue weighted by Crippen LogP contribution is 2.43. The number of H-pyrrole nitrogens is 1. The van der Waals surface area contributed by atoms with Crippen LogP contribution in [-0.4, -0.2) is 12.1 Å². The molecule has 0 aliphatic carbocycles. The minimum Gasteiger partial charge on any atom is -0.497 e. The number of allylic oxidation sites excluding steroid dienone is 1. The monoisotopic (exact) mass is 345 g/mol. The van der Waals surface area contributed by atoms with Gasteiger partial charge in [-0.2, -0.15) is 5.26 Å². The molecular formula is C20H15N3O3. The summed E-state index contributed by atoms with van der Waals surface area (Å²) < 4.78 is 11.0. The quantitative estimate of drug-likeness (QED) is 0.744. The molecule has 6 nitrogen and oxygen atoms in total. The maximum absolute atomic E-state index is 12.8. The van der Waals surface area contributed by atoms with Gasteiger partial charge in [0, 0.05) is 5.39 Å². The van der Waals surface area contributed by atoms with E-state index in [0.717, 1.165) is 10.9 Å². The van der Waals surface area contributed by atoms with Gasteiger partial charge in [0.1, 0.15) is 23.1 Å². The molecule has 0 saturated heterocycles. The maximum Gasteiger partial charge on any atom is 0.256 e. The first-order valence-electron chi connectivity index (χ1n) is 8.00. The number of rotatable bonds is 2. The van der Waals surface area contributed by atoms with E-state index in [1.165, 1.54) is 0 Å². The Morgan fingerprint density at radius 3 is 2.81 bits per heavy atom. The van der Waals surface area contributed by atoms with Gasteiger partial charge in [0.25, 0.3) is 5.56 Å². The van der Waals surface area contributed by atoms with Crippen LogP contribution in [0, 0.1) is 11.3 Å². The maximum atomic E-state index is 12.8. The third-order valence-electron chi connectivity index (χ3n) is 4.51. The van der Waals surface area contributed by atoms with Crippen molar-refractivity contribution in [2.24, 2.45) is 5.73 Å². The summed E-state index contributed by atoms with van der Waals surface area (Å²) in [6, 6.07) is 16.6. The first-order valence-corrected chi connectivity index (χ1v) is 8.00.